The number of pyridine rings is 1. The average molecular weight is 447 g/mol. The van der Waals surface area contributed by atoms with E-state index >= 15 is 0 Å². The van der Waals surface area contributed by atoms with Gasteiger partial charge in [-0.25, -0.2) is 14.5 Å². The summed E-state index contributed by atoms with van der Waals surface area (Å²) in [6, 6.07) is 10.9. The molecule has 2 heterocycles. The normalized spacial score (nSPS) is 14.5. The number of unbranched alkanes of at least 4 members (excludes halogenated alkanes) is 1. The fourth-order valence-corrected chi connectivity index (χ4v) is 4.72. The maximum Gasteiger partial charge on any atom is 0.336 e. The van der Waals surface area contributed by atoms with Gasteiger partial charge in [-0.1, -0.05) is 69.7 Å². The monoisotopic (exact) mass is 446 g/mol. The van der Waals surface area contributed by atoms with Gasteiger partial charge in [0.15, 0.2) is 5.82 Å². The van der Waals surface area contributed by atoms with Crippen LogP contribution in [0.2, 0.25) is 0 Å². The van der Waals surface area contributed by atoms with Gasteiger partial charge in [-0.15, -0.1) is 0 Å². The Balaban J connectivity index is 1.48. The Bertz CT molecular complexity index is 1050. The van der Waals surface area contributed by atoms with E-state index in [0.29, 0.717) is 17.7 Å². The summed E-state index contributed by atoms with van der Waals surface area (Å²) in [7, 11) is 0. The Hall–Kier alpha value is -3.02. The van der Waals surface area contributed by atoms with E-state index < -0.39 is 5.97 Å². The molecule has 3 aromatic rings. The molecule has 4 rings (SSSR count). The number of carboxylic acid groups (broad SMARTS) is 1. The van der Waals surface area contributed by atoms with Crippen molar-refractivity contribution in [3.63, 3.8) is 0 Å². The van der Waals surface area contributed by atoms with Crippen LogP contribution >= 0.6 is 0 Å². The molecule has 0 amide bonds. The highest BCUT2D eigenvalue weighted by Crippen LogP contribution is 2.27. The second-order valence-corrected chi connectivity index (χ2v) is 9.14. The molecule has 0 atom stereocenters. The van der Waals surface area contributed by atoms with Crippen LogP contribution in [0.15, 0.2) is 42.6 Å². The van der Waals surface area contributed by atoms with E-state index in [0.717, 1.165) is 48.9 Å². The largest absolute Gasteiger partial charge is 0.478 e. The average Bonchev–Trinajstić information content (AvgIpc) is 3.24. The highest BCUT2D eigenvalue weighted by atomic mass is 16.4. The maximum absolute atomic E-state index is 11.5. The lowest BCUT2D eigenvalue weighted by Crippen LogP contribution is -2.08. The fourth-order valence-electron chi connectivity index (χ4n) is 4.72. The van der Waals surface area contributed by atoms with E-state index in [-0.39, 0.29) is 5.56 Å². The lowest BCUT2D eigenvalue weighted by Gasteiger charge is -2.20. The second kappa shape index (κ2) is 11.2. The van der Waals surface area contributed by atoms with Gasteiger partial charge in [-0.2, -0.15) is 5.10 Å². The Morgan fingerprint density at radius 1 is 1.12 bits per heavy atom. The van der Waals surface area contributed by atoms with Crippen molar-refractivity contribution < 1.29 is 9.90 Å². The van der Waals surface area contributed by atoms with Crippen molar-refractivity contribution in [2.45, 2.75) is 77.7 Å². The van der Waals surface area contributed by atoms with Crippen LogP contribution in [0.25, 0.3) is 11.3 Å². The van der Waals surface area contributed by atoms with Gasteiger partial charge in [0, 0.05) is 31.1 Å². The Kier molecular flexibility index (Phi) is 7.87. The highest BCUT2D eigenvalue weighted by molar-refractivity contribution is 5.95. The first kappa shape index (κ1) is 23.1. The van der Waals surface area contributed by atoms with E-state index in [1.165, 1.54) is 38.5 Å². The van der Waals surface area contributed by atoms with Crippen molar-refractivity contribution >= 4 is 5.97 Å². The van der Waals surface area contributed by atoms with Crippen molar-refractivity contribution in [3.05, 3.63) is 65.4 Å². The molecule has 0 unspecified atom stereocenters. The summed E-state index contributed by atoms with van der Waals surface area (Å²) in [4.78, 5) is 21.0. The van der Waals surface area contributed by atoms with E-state index in [4.69, 9.17) is 10.1 Å². The standard InChI is InChI=1S/C27H34N4O2/c1-2-3-17-31-26(29-25(30-31)16-14-20-9-5-4-6-10-20)18-21-13-15-24(28-19-21)22-11-7-8-12-23(22)27(32)33/h7-8,11-13,15,19-20H,2-6,9-10,14,16-18H2,1H3,(H,32,33). The number of rotatable bonds is 10. The summed E-state index contributed by atoms with van der Waals surface area (Å²) < 4.78 is 2.08. The number of nitrogens with zero attached hydrogens (tertiary/aromatic N) is 4. The fraction of sp³-hybridized carbons (Fsp3) is 0.481. The van der Waals surface area contributed by atoms with E-state index in [1.54, 1.807) is 18.2 Å². The number of aryl methyl sites for hydroxylation is 2. The molecule has 2 aromatic heterocycles. The molecule has 33 heavy (non-hydrogen) atoms. The lowest BCUT2D eigenvalue weighted by molar-refractivity contribution is 0.0697. The summed E-state index contributed by atoms with van der Waals surface area (Å²) in [6.45, 7) is 3.08. The summed E-state index contributed by atoms with van der Waals surface area (Å²) in [5.41, 5.74) is 2.61. The number of aromatic nitrogens is 4. The molecule has 1 aliphatic rings. The molecular weight excluding hydrogens is 412 g/mol. The molecule has 6 heteroatoms. The van der Waals surface area contributed by atoms with Crippen LogP contribution in [0, 0.1) is 5.92 Å². The second-order valence-electron chi connectivity index (χ2n) is 9.14. The van der Waals surface area contributed by atoms with Gasteiger partial charge in [-0.05, 0) is 36.5 Å². The van der Waals surface area contributed by atoms with E-state index in [1.807, 2.05) is 24.4 Å². The minimum atomic E-state index is -0.943. The zero-order chi connectivity index (χ0) is 23.0. The van der Waals surface area contributed by atoms with Crippen molar-refractivity contribution in [2.24, 2.45) is 5.92 Å². The molecule has 6 nitrogen and oxygen atoms in total. The van der Waals surface area contributed by atoms with Crippen LogP contribution in [0.5, 0.6) is 0 Å². The molecule has 1 aliphatic carbocycles. The van der Waals surface area contributed by atoms with Crippen molar-refractivity contribution in [3.8, 4) is 11.3 Å². The Morgan fingerprint density at radius 3 is 2.67 bits per heavy atom. The maximum atomic E-state index is 11.5. The molecule has 1 aromatic carbocycles. The zero-order valence-corrected chi connectivity index (χ0v) is 19.5. The van der Waals surface area contributed by atoms with Crippen LogP contribution in [0.1, 0.15) is 85.9 Å². The summed E-state index contributed by atoms with van der Waals surface area (Å²) in [5, 5.41) is 14.3. The van der Waals surface area contributed by atoms with Crippen molar-refractivity contribution in [1.29, 1.82) is 0 Å². The molecule has 0 aliphatic heterocycles. The van der Waals surface area contributed by atoms with Crippen LogP contribution in [-0.4, -0.2) is 30.8 Å². The molecule has 0 bridgehead atoms. The van der Waals surface area contributed by atoms with E-state index in [2.05, 4.69) is 16.6 Å². The van der Waals surface area contributed by atoms with Gasteiger partial charge in [0.05, 0.1) is 11.3 Å². The summed E-state index contributed by atoms with van der Waals surface area (Å²) >= 11 is 0. The lowest BCUT2D eigenvalue weighted by atomic mass is 9.86. The third-order valence-electron chi connectivity index (χ3n) is 6.64. The van der Waals surface area contributed by atoms with E-state index in [9.17, 15) is 9.90 Å². The smallest absolute Gasteiger partial charge is 0.336 e. The molecule has 1 saturated carbocycles. The van der Waals surface area contributed by atoms with Crippen molar-refractivity contribution in [2.75, 3.05) is 0 Å². The third kappa shape index (κ3) is 6.06. The minimum Gasteiger partial charge on any atom is -0.478 e. The topological polar surface area (TPSA) is 80.9 Å². The van der Waals surface area contributed by atoms with Gasteiger partial charge >= 0.3 is 5.97 Å². The number of aromatic carboxylic acids is 1. The first-order chi connectivity index (χ1) is 16.1. The molecular formula is C27H34N4O2. The van der Waals surface area contributed by atoms with Gasteiger partial charge in [-0.3, -0.25) is 4.98 Å². The minimum absolute atomic E-state index is 0.264. The molecule has 1 N–H and O–H groups in total. The number of hydrogen-bond acceptors (Lipinski definition) is 4. The van der Waals surface area contributed by atoms with Crippen LogP contribution in [0.3, 0.4) is 0 Å². The SMILES string of the molecule is CCCCn1nc(CCC2CCCCC2)nc1Cc1ccc(-c2ccccc2C(=O)O)nc1. The predicted octanol–water partition coefficient (Wildman–Crippen LogP) is 5.94. The first-order valence-electron chi connectivity index (χ1n) is 12.3. The molecule has 0 saturated heterocycles. The summed E-state index contributed by atoms with van der Waals surface area (Å²) in [6.07, 6.45) is 13.7. The number of benzene rings is 1. The summed E-state index contributed by atoms with van der Waals surface area (Å²) in [5.74, 6) is 1.84. The Labute approximate surface area is 196 Å². The third-order valence-corrected chi connectivity index (χ3v) is 6.64. The van der Waals surface area contributed by atoms with Gasteiger partial charge in [0.2, 0.25) is 0 Å². The zero-order valence-electron chi connectivity index (χ0n) is 19.5. The molecule has 1 fully saturated rings. The predicted molar refractivity (Wildman–Crippen MR) is 129 cm³/mol. The quantitative estimate of drug-likeness (QED) is 0.417. The van der Waals surface area contributed by atoms with Gasteiger partial charge in [0.25, 0.3) is 0 Å². The molecule has 0 spiro atoms. The molecule has 174 valence electrons. The van der Waals surface area contributed by atoms with Crippen LogP contribution in [0.4, 0.5) is 0 Å². The van der Waals surface area contributed by atoms with Crippen molar-refractivity contribution in [1.82, 2.24) is 19.7 Å². The number of carboxylic acids is 1. The van der Waals surface area contributed by atoms with Gasteiger partial charge < -0.3 is 5.11 Å². The van der Waals surface area contributed by atoms with Crippen LogP contribution in [-0.2, 0) is 19.4 Å². The molecule has 0 radical (unpaired) electrons. The highest BCUT2D eigenvalue weighted by Gasteiger charge is 2.17. The first-order valence-corrected chi connectivity index (χ1v) is 12.3. The number of carbonyl (C=O) groups is 1. The number of hydrogen-bond donors (Lipinski definition) is 1. The Morgan fingerprint density at radius 2 is 1.94 bits per heavy atom. The van der Waals surface area contributed by atoms with Crippen LogP contribution < -0.4 is 0 Å². The van der Waals surface area contributed by atoms with Gasteiger partial charge in [0.1, 0.15) is 5.82 Å².